The third-order valence-corrected chi connectivity index (χ3v) is 3.78. The first-order chi connectivity index (χ1) is 9.13. The lowest BCUT2D eigenvalue weighted by Crippen LogP contribution is -2.28. The molecule has 0 saturated heterocycles. The smallest absolute Gasteiger partial charge is 0.287 e. The van der Waals surface area contributed by atoms with Crippen LogP contribution in [0.15, 0.2) is 28.7 Å². The van der Waals surface area contributed by atoms with Crippen LogP contribution in [0.25, 0.3) is 11.0 Å². The van der Waals surface area contributed by atoms with Gasteiger partial charge >= 0.3 is 0 Å². The molecule has 1 aromatic heterocycles. The van der Waals surface area contributed by atoms with Crippen molar-refractivity contribution >= 4 is 22.6 Å². The van der Waals surface area contributed by atoms with Crippen LogP contribution in [0.4, 0.5) is 5.69 Å². The van der Waals surface area contributed by atoms with Crippen LogP contribution in [0.1, 0.15) is 30.3 Å². The number of anilines is 1. The summed E-state index contributed by atoms with van der Waals surface area (Å²) in [5.41, 5.74) is 7.06. The molecule has 0 bridgehead atoms. The molecule has 1 fully saturated rings. The van der Waals surface area contributed by atoms with Crippen LogP contribution in [0.5, 0.6) is 0 Å². The Hall–Kier alpha value is -1.97. The van der Waals surface area contributed by atoms with Gasteiger partial charge in [-0.3, -0.25) is 4.79 Å². The molecule has 1 heterocycles. The highest BCUT2D eigenvalue weighted by Crippen LogP contribution is 2.36. The van der Waals surface area contributed by atoms with E-state index >= 15 is 0 Å². The average Bonchev–Trinajstić information content (AvgIpc) is 3.15. The second-order valence-corrected chi connectivity index (χ2v) is 5.43. The summed E-state index contributed by atoms with van der Waals surface area (Å²) >= 11 is 0. The fourth-order valence-corrected chi connectivity index (χ4v) is 2.35. The maximum atomic E-state index is 12.0. The van der Waals surface area contributed by atoms with Gasteiger partial charge in [-0.25, -0.2) is 0 Å². The first-order valence-electron chi connectivity index (χ1n) is 6.71. The van der Waals surface area contributed by atoms with Crippen molar-refractivity contribution in [1.82, 2.24) is 5.32 Å². The summed E-state index contributed by atoms with van der Waals surface area (Å²) in [6, 6.07) is 7.10. The first kappa shape index (κ1) is 12.1. The molecule has 19 heavy (non-hydrogen) atoms. The van der Waals surface area contributed by atoms with Crippen LogP contribution in [-0.2, 0) is 0 Å². The standard InChI is InChI=1S/C15H18N2O2/c1-9(10-2-3-10)8-17-15(18)14-7-11-6-12(16)4-5-13(11)19-14/h4-7,9-10H,2-3,8,16H2,1H3,(H,17,18). The van der Waals surface area contributed by atoms with Gasteiger partial charge in [0.2, 0.25) is 0 Å². The van der Waals surface area contributed by atoms with Crippen molar-refractivity contribution in [2.75, 3.05) is 12.3 Å². The van der Waals surface area contributed by atoms with Crippen molar-refractivity contribution in [2.24, 2.45) is 11.8 Å². The highest BCUT2D eigenvalue weighted by Gasteiger charge is 2.28. The molecule has 1 amide bonds. The number of nitrogens with two attached hydrogens (primary N) is 1. The molecule has 1 atom stereocenters. The van der Waals surface area contributed by atoms with Gasteiger partial charge in [0.1, 0.15) is 5.58 Å². The largest absolute Gasteiger partial charge is 0.451 e. The van der Waals surface area contributed by atoms with Gasteiger partial charge in [0.15, 0.2) is 5.76 Å². The molecule has 0 aliphatic heterocycles. The van der Waals surface area contributed by atoms with E-state index in [1.54, 1.807) is 18.2 Å². The second-order valence-electron chi connectivity index (χ2n) is 5.43. The quantitative estimate of drug-likeness (QED) is 0.828. The zero-order valence-corrected chi connectivity index (χ0v) is 11.0. The van der Waals surface area contributed by atoms with Crippen LogP contribution in [-0.4, -0.2) is 12.5 Å². The van der Waals surface area contributed by atoms with Gasteiger partial charge in [-0.2, -0.15) is 0 Å². The highest BCUT2D eigenvalue weighted by atomic mass is 16.3. The summed E-state index contributed by atoms with van der Waals surface area (Å²) in [6.45, 7) is 2.89. The van der Waals surface area contributed by atoms with Crippen molar-refractivity contribution in [3.8, 4) is 0 Å². The third-order valence-electron chi connectivity index (χ3n) is 3.78. The number of carbonyl (C=O) groups is 1. The topological polar surface area (TPSA) is 68.3 Å². The predicted octanol–water partition coefficient (Wildman–Crippen LogP) is 2.79. The summed E-state index contributed by atoms with van der Waals surface area (Å²) < 4.78 is 5.53. The van der Waals surface area contributed by atoms with Gasteiger partial charge in [0.25, 0.3) is 5.91 Å². The molecule has 1 unspecified atom stereocenters. The van der Waals surface area contributed by atoms with Gasteiger partial charge in [-0.15, -0.1) is 0 Å². The average molecular weight is 258 g/mol. The third kappa shape index (κ3) is 2.57. The van der Waals surface area contributed by atoms with E-state index in [9.17, 15) is 4.79 Å². The molecule has 1 saturated carbocycles. The summed E-state index contributed by atoms with van der Waals surface area (Å²) in [5.74, 6) is 1.53. The van der Waals surface area contributed by atoms with Gasteiger partial charge < -0.3 is 15.5 Å². The molecule has 3 rings (SSSR count). The van der Waals surface area contributed by atoms with Gasteiger partial charge in [0.05, 0.1) is 0 Å². The molecule has 3 N–H and O–H groups in total. The Morgan fingerprint density at radius 2 is 2.26 bits per heavy atom. The Morgan fingerprint density at radius 1 is 1.47 bits per heavy atom. The van der Waals surface area contributed by atoms with Crippen molar-refractivity contribution in [3.63, 3.8) is 0 Å². The summed E-state index contributed by atoms with van der Waals surface area (Å²) in [6.07, 6.45) is 2.59. The predicted molar refractivity (Wildman–Crippen MR) is 74.8 cm³/mol. The maximum Gasteiger partial charge on any atom is 0.287 e. The summed E-state index contributed by atoms with van der Waals surface area (Å²) in [5, 5.41) is 3.79. The number of nitrogen functional groups attached to an aromatic ring is 1. The zero-order chi connectivity index (χ0) is 13.4. The van der Waals surface area contributed by atoms with Gasteiger partial charge in [-0.05, 0) is 48.9 Å². The minimum atomic E-state index is -0.151. The van der Waals surface area contributed by atoms with Crippen LogP contribution in [0.3, 0.4) is 0 Å². The number of furan rings is 1. The molecule has 4 nitrogen and oxygen atoms in total. The zero-order valence-electron chi connectivity index (χ0n) is 11.0. The summed E-state index contributed by atoms with van der Waals surface area (Å²) in [4.78, 5) is 12.0. The molecule has 4 heteroatoms. The van der Waals surface area contributed by atoms with E-state index < -0.39 is 0 Å². The highest BCUT2D eigenvalue weighted by molar-refractivity contribution is 5.96. The molecular weight excluding hydrogens is 240 g/mol. The van der Waals surface area contributed by atoms with Crippen molar-refractivity contribution in [3.05, 3.63) is 30.0 Å². The van der Waals surface area contributed by atoms with E-state index in [1.165, 1.54) is 12.8 Å². The normalized spacial score (nSPS) is 16.5. The van der Waals surface area contributed by atoms with E-state index in [0.29, 0.717) is 29.5 Å². The van der Waals surface area contributed by atoms with Crippen LogP contribution >= 0.6 is 0 Å². The Morgan fingerprint density at radius 3 is 3.00 bits per heavy atom. The number of fused-ring (bicyclic) bond motifs is 1. The number of amides is 1. The number of benzene rings is 1. The molecule has 0 spiro atoms. The fraction of sp³-hybridized carbons (Fsp3) is 0.400. The van der Waals surface area contributed by atoms with Crippen molar-refractivity contribution in [2.45, 2.75) is 19.8 Å². The lowest BCUT2D eigenvalue weighted by atomic mass is 10.1. The van der Waals surface area contributed by atoms with Crippen LogP contribution in [0, 0.1) is 11.8 Å². The maximum absolute atomic E-state index is 12.0. The number of hydrogen-bond acceptors (Lipinski definition) is 3. The number of nitrogens with one attached hydrogen (secondary N) is 1. The molecule has 1 aromatic carbocycles. The molecular formula is C15H18N2O2. The van der Waals surface area contributed by atoms with E-state index in [-0.39, 0.29) is 5.91 Å². The molecule has 1 aliphatic rings. The summed E-state index contributed by atoms with van der Waals surface area (Å²) in [7, 11) is 0. The Labute approximate surface area is 112 Å². The monoisotopic (exact) mass is 258 g/mol. The van der Waals surface area contributed by atoms with E-state index in [0.717, 1.165) is 11.3 Å². The van der Waals surface area contributed by atoms with Crippen LogP contribution < -0.4 is 11.1 Å². The van der Waals surface area contributed by atoms with Crippen molar-refractivity contribution < 1.29 is 9.21 Å². The van der Waals surface area contributed by atoms with Gasteiger partial charge in [-0.1, -0.05) is 6.92 Å². The van der Waals surface area contributed by atoms with E-state index in [4.69, 9.17) is 10.2 Å². The van der Waals surface area contributed by atoms with Crippen LogP contribution in [0.2, 0.25) is 0 Å². The second kappa shape index (κ2) is 4.61. The first-order valence-corrected chi connectivity index (χ1v) is 6.71. The number of hydrogen-bond donors (Lipinski definition) is 2. The van der Waals surface area contributed by atoms with E-state index in [1.807, 2.05) is 6.07 Å². The Balaban J connectivity index is 1.70. The van der Waals surface area contributed by atoms with E-state index in [2.05, 4.69) is 12.2 Å². The SMILES string of the molecule is CC(CNC(=O)c1cc2cc(N)ccc2o1)C1CC1. The minimum Gasteiger partial charge on any atom is -0.451 e. The lowest BCUT2D eigenvalue weighted by molar-refractivity contribution is 0.0921. The molecule has 100 valence electrons. The Kier molecular flexibility index (Phi) is 2.93. The van der Waals surface area contributed by atoms with Crippen molar-refractivity contribution in [1.29, 1.82) is 0 Å². The lowest BCUT2D eigenvalue weighted by Gasteiger charge is -2.09. The molecule has 1 aliphatic carbocycles. The minimum absolute atomic E-state index is 0.151. The number of rotatable bonds is 4. The molecule has 0 radical (unpaired) electrons. The van der Waals surface area contributed by atoms with Gasteiger partial charge in [0, 0.05) is 17.6 Å². The fourth-order valence-electron chi connectivity index (χ4n) is 2.35. The number of carbonyl (C=O) groups excluding carboxylic acids is 1. The Bertz CT molecular complexity index is 614. The molecule has 2 aromatic rings.